The molecule has 1 N–H and O–H groups in total. The Hall–Kier alpha value is -2.54. The van der Waals surface area contributed by atoms with Gasteiger partial charge in [0.2, 0.25) is 0 Å². The number of carbonyl (C=O) groups is 1. The van der Waals surface area contributed by atoms with Crippen LogP contribution in [0.1, 0.15) is 38.2 Å². The van der Waals surface area contributed by atoms with Crippen molar-refractivity contribution in [3.8, 4) is 11.8 Å². The Bertz CT molecular complexity index is 706. The van der Waals surface area contributed by atoms with Crippen molar-refractivity contribution in [2.75, 3.05) is 0 Å². The fraction of sp³-hybridized carbons (Fsp3) is 0.368. The molecule has 0 bridgehead atoms. The Kier molecular flexibility index (Phi) is 4.47. The van der Waals surface area contributed by atoms with Gasteiger partial charge in [0.05, 0.1) is 0 Å². The summed E-state index contributed by atoms with van der Waals surface area (Å²) < 4.78 is 5.85. The van der Waals surface area contributed by atoms with E-state index >= 15 is 0 Å². The van der Waals surface area contributed by atoms with Crippen LogP contribution in [0.3, 0.4) is 0 Å². The summed E-state index contributed by atoms with van der Waals surface area (Å²) in [5, 5.41) is 12.3. The van der Waals surface area contributed by atoms with Gasteiger partial charge >= 0.3 is 0 Å². The summed E-state index contributed by atoms with van der Waals surface area (Å²) >= 11 is 0. The van der Waals surface area contributed by atoms with E-state index in [-0.39, 0.29) is 23.6 Å². The van der Waals surface area contributed by atoms with Crippen molar-refractivity contribution >= 4 is 12.0 Å². The quantitative estimate of drug-likeness (QED) is 0.688. The van der Waals surface area contributed by atoms with Gasteiger partial charge in [0, 0.05) is 11.6 Å². The topological polar surface area (TPSA) is 62.1 Å². The zero-order valence-corrected chi connectivity index (χ0v) is 13.2. The fourth-order valence-electron chi connectivity index (χ4n) is 3.07. The first-order valence-electron chi connectivity index (χ1n) is 8.07. The SMILES string of the molecule is CC1Oc2ccccc2C=C1C=C(C#N)C(=O)NC1CCCC1. The van der Waals surface area contributed by atoms with E-state index in [1.807, 2.05) is 43.3 Å². The number of rotatable bonds is 3. The summed E-state index contributed by atoms with van der Waals surface area (Å²) in [5.74, 6) is 0.539. The Labute approximate surface area is 136 Å². The van der Waals surface area contributed by atoms with Gasteiger partial charge in [-0.15, -0.1) is 0 Å². The summed E-state index contributed by atoms with van der Waals surface area (Å²) in [5.41, 5.74) is 1.94. The van der Waals surface area contributed by atoms with Gasteiger partial charge in [0.1, 0.15) is 23.5 Å². The number of amides is 1. The molecule has 118 valence electrons. The number of ether oxygens (including phenoxy) is 1. The maximum Gasteiger partial charge on any atom is 0.262 e. The highest BCUT2D eigenvalue weighted by Crippen LogP contribution is 2.30. The molecular weight excluding hydrogens is 288 g/mol. The first-order valence-corrected chi connectivity index (χ1v) is 8.07. The van der Waals surface area contributed by atoms with Crippen LogP contribution in [-0.4, -0.2) is 18.1 Å². The molecule has 1 amide bonds. The molecule has 1 atom stereocenters. The highest BCUT2D eigenvalue weighted by molar-refractivity contribution is 5.98. The van der Waals surface area contributed by atoms with Gasteiger partial charge in [-0.3, -0.25) is 4.79 Å². The van der Waals surface area contributed by atoms with Crippen molar-refractivity contribution in [1.82, 2.24) is 5.32 Å². The molecule has 1 aliphatic carbocycles. The van der Waals surface area contributed by atoms with Gasteiger partial charge in [-0.2, -0.15) is 5.26 Å². The third-order valence-corrected chi connectivity index (χ3v) is 4.38. The van der Waals surface area contributed by atoms with Gasteiger partial charge in [-0.25, -0.2) is 0 Å². The summed E-state index contributed by atoms with van der Waals surface area (Å²) in [4.78, 5) is 12.3. The van der Waals surface area contributed by atoms with Crippen LogP contribution in [0.2, 0.25) is 0 Å². The second-order valence-corrected chi connectivity index (χ2v) is 6.07. The molecule has 1 saturated carbocycles. The normalized spacial score (nSPS) is 21.0. The van der Waals surface area contributed by atoms with Gasteiger partial charge < -0.3 is 10.1 Å². The van der Waals surface area contributed by atoms with Gasteiger partial charge in [0.25, 0.3) is 5.91 Å². The van der Waals surface area contributed by atoms with Crippen LogP contribution in [0.15, 0.2) is 41.5 Å². The molecule has 0 aromatic heterocycles. The molecule has 4 heteroatoms. The van der Waals surface area contributed by atoms with Crippen LogP contribution >= 0.6 is 0 Å². The van der Waals surface area contributed by atoms with Crippen molar-refractivity contribution in [1.29, 1.82) is 5.26 Å². The fourth-order valence-corrected chi connectivity index (χ4v) is 3.07. The van der Waals surface area contributed by atoms with Crippen LogP contribution in [0.25, 0.3) is 6.08 Å². The average molecular weight is 308 g/mol. The predicted molar refractivity (Wildman–Crippen MR) is 88.6 cm³/mol. The van der Waals surface area contributed by atoms with Crippen LogP contribution < -0.4 is 10.1 Å². The van der Waals surface area contributed by atoms with Crippen LogP contribution in [0.4, 0.5) is 0 Å². The minimum atomic E-state index is -0.286. The minimum absolute atomic E-state index is 0.137. The maximum atomic E-state index is 12.3. The van der Waals surface area contributed by atoms with E-state index in [4.69, 9.17) is 4.74 Å². The molecule has 0 radical (unpaired) electrons. The zero-order valence-electron chi connectivity index (χ0n) is 13.2. The number of para-hydroxylation sites is 1. The molecule has 3 rings (SSSR count). The van der Waals surface area contributed by atoms with Gasteiger partial charge in [-0.1, -0.05) is 31.0 Å². The molecule has 1 fully saturated rings. The smallest absolute Gasteiger partial charge is 0.262 e. The van der Waals surface area contributed by atoms with E-state index in [1.165, 1.54) is 0 Å². The molecule has 1 aromatic carbocycles. The molecule has 1 aromatic rings. The van der Waals surface area contributed by atoms with E-state index in [2.05, 4.69) is 5.32 Å². The largest absolute Gasteiger partial charge is 0.485 e. The highest BCUT2D eigenvalue weighted by Gasteiger charge is 2.22. The van der Waals surface area contributed by atoms with Gasteiger partial charge in [0.15, 0.2) is 0 Å². The third kappa shape index (κ3) is 3.45. The Morgan fingerprint density at radius 1 is 1.35 bits per heavy atom. The number of hydrogen-bond donors (Lipinski definition) is 1. The van der Waals surface area contributed by atoms with E-state index in [9.17, 15) is 10.1 Å². The first-order chi connectivity index (χ1) is 11.2. The molecule has 2 aliphatic rings. The van der Waals surface area contributed by atoms with Crippen LogP contribution in [0.5, 0.6) is 5.75 Å². The monoisotopic (exact) mass is 308 g/mol. The summed E-state index contributed by atoms with van der Waals surface area (Å²) in [7, 11) is 0. The lowest BCUT2D eigenvalue weighted by Gasteiger charge is -2.23. The van der Waals surface area contributed by atoms with E-state index in [0.717, 1.165) is 42.6 Å². The molecule has 23 heavy (non-hydrogen) atoms. The average Bonchev–Trinajstić information content (AvgIpc) is 3.05. The number of carbonyl (C=O) groups excluding carboxylic acids is 1. The lowest BCUT2D eigenvalue weighted by atomic mass is 10.00. The number of fused-ring (bicyclic) bond motifs is 1. The highest BCUT2D eigenvalue weighted by atomic mass is 16.5. The zero-order chi connectivity index (χ0) is 16.2. The summed E-state index contributed by atoms with van der Waals surface area (Å²) in [6, 6.07) is 9.96. The first kappa shape index (κ1) is 15.4. The molecule has 1 heterocycles. The maximum absolute atomic E-state index is 12.3. The Morgan fingerprint density at radius 3 is 2.83 bits per heavy atom. The number of nitriles is 1. The van der Waals surface area contributed by atoms with Crippen molar-refractivity contribution in [3.63, 3.8) is 0 Å². The number of nitrogens with zero attached hydrogens (tertiary/aromatic N) is 1. The van der Waals surface area contributed by atoms with Crippen LogP contribution in [-0.2, 0) is 4.79 Å². The minimum Gasteiger partial charge on any atom is -0.485 e. The standard InChI is InChI=1S/C19H20N2O2/c1-13-15(10-14-6-2-5-9-18(14)23-13)11-16(12-20)19(22)21-17-7-3-4-8-17/h2,5-6,9-11,13,17H,3-4,7-8H2,1H3,(H,21,22). The number of nitrogens with one attached hydrogen (secondary N) is 1. The molecule has 1 unspecified atom stereocenters. The molecule has 0 saturated heterocycles. The van der Waals surface area contributed by atoms with E-state index < -0.39 is 0 Å². The summed E-state index contributed by atoms with van der Waals surface area (Å²) in [6.45, 7) is 1.92. The predicted octanol–water partition coefficient (Wildman–Crippen LogP) is 3.36. The molecule has 4 nitrogen and oxygen atoms in total. The Balaban J connectivity index is 1.81. The second-order valence-electron chi connectivity index (χ2n) is 6.07. The van der Waals surface area contributed by atoms with Crippen molar-refractivity contribution < 1.29 is 9.53 Å². The van der Waals surface area contributed by atoms with Crippen LogP contribution in [0, 0.1) is 11.3 Å². The third-order valence-electron chi connectivity index (χ3n) is 4.38. The summed E-state index contributed by atoms with van der Waals surface area (Å²) in [6.07, 6.45) is 7.72. The van der Waals surface area contributed by atoms with Crippen molar-refractivity contribution in [2.24, 2.45) is 0 Å². The number of hydrogen-bond acceptors (Lipinski definition) is 3. The van der Waals surface area contributed by atoms with E-state index in [0.29, 0.717) is 0 Å². The molecule has 1 aliphatic heterocycles. The number of benzene rings is 1. The van der Waals surface area contributed by atoms with Crippen molar-refractivity contribution in [3.05, 3.63) is 47.1 Å². The van der Waals surface area contributed by atoms with Gasteiger partial charge in [-0.05, 0) is 43.6 Å². The lowest BCUT2D eigenvalue weighted by molar-refractivity contribution is -0.117. The second kappa shape index (κ2) is 6.70. The lowest BCUT2D eigenvalue weighted by Crippen LogP contribution is -2.33. The molecular formula is C19H20N2O2. The van der Waals surface area contributed by atoms with Crippen molar-refractivity contribution in [2.45, 2.75) is 44.8 Å². The molecule has 0 spiro atoms. The van der Waals surface area contributed by atoms with E-state index in [1.54, 1.807) is 6.08 Å². The Morgan fingerprint density at radius 2 is 2.09 bits per heavy atom.